The second-order valence-electron chi connectivity index (χ2n) is 9.30. The van der Waals surface area contributed by atoms with Crippen LogP contribution in [0, 0.1) is 17.2 Å². The van der Waals surface area contributed by atoms with Crippen LogP contribution >= 0.6 is 0 Å². The summed E-state index contributed by atoms with van der Waals surface area (Å²) in [6.45, 7) is 8.33. The number of morpholine rings is 1. The molecule has 35 heavy (non-hydrogen) atoms. The highest BCUT2D eigenvalue weighted by atomic mass is 16.5. The van der Waals surface area contributed by atoms with E-state index in [1.54, 1.807) is 24.3 Å². The predicted octanol–water partition coefficient (Wildman–Crippen LogP) is 3.06. The van der Waals surface area contributed by atoms with E-state index in [-0.39, 0.29) is 23.9 Å². The monoisotopic (exact) mass is 473 g/mol. The van der Waals surface area contributed by atoms with Crippen molar-refractivity contribution < 1.29 is 9.53 Å². The molecular formula is C27H31N5O3. The van der Waals surface area contributed by atoms with Crippen molar-refractivity contribution in [2.75, 3.05) is 32.8 Å². The molecule has 2 aromatic carbocycles. The molecule has 0 saturated carbocycles. The molecule has 8 nitrogen and oxygen atoms in total. The fraction of sp³-hybridized carbons (Fsp3) is 0.407. The molecule has 8 heteroatoms. The van der Waals surface area contributed by atoms with Gasteiger partial charge in [0.25, 0.3) is 0 Å². The van der Waals surface area contributed by atoms with E-state index in [2.05, 4.69) is 16.1 Å². The summed E-state index contributed by atoms with van der Waals surface area (Å²) in [5.41, 5.74) is 2.54. The Bertz CT molecular complexity index is 1260. The Hall–Kier alpha value is -3.54. The summed E-state index contributed by atoms with van der Waals surface area (Å²) in [5, 5.41) is 13.9. The standard InChI is InChI=1S/C27H31N5O3/c1-20(2)16-25(33)19-31-26(23-5-3-4-22(17-23)18-28)29-32(27(31)34)24-8-6-21(7-9-24)10-11-30-12-14-35-15-13-30/h3-9,17,20H,10-16,19H2,1-2H3. The Morgan fingerprint density at radius 2 is 1.89 bits per heavy atom. The molecular weight excluding hydrogens is 442 g/mol. The summed E-state index contributed by atoms with van der Waals surface area (Å²) in [4.78, 5) is 28.4. The number of benzene rings is 2. The number of aromatic nitrogens is 3. The summed E-state index contributed by atoms with van der Waals surface area (Å²) in [6.07, 6.45) is 1.30. The number of Topliss-reactive ketones (excluding diaryl/α,β-unsaturated/α-hetero) is 1. The first kappa shape index (κ1) is 24.6. The van der Waals surface area contributed by atoms with Crippen LogP contribution in [-0.2, 0) is 22.5 Å². The number of ether oxygens (including phenoxy) is 1. The van der Waals surface area contributed by atoms with Crippen LogP contribution in [0.5, 0.6) is 0 Å². The van der Waals surface area contributed by atoms with Gasteiger partial charge in [0.15, 0.2) is 11.6 Å². The van der Waals surface area contributed by atoms with Crippen LogP contribution in [0.3, 0.4) is 0 Å². The second kappa shape index (κ2) is 11.3. The Kier molecular flexibility index (Phi) is 7.91. The normalized spacial score (nSPS) is 14.2. The number of nitrogens with zero attached hydrogens (tertiary/aromatic N) is 5. The quantitative estimate of drug-likeness (QED) is 0.474. The fourth-order valence-corrected chi connectivity index (χ4v) is 4.26. The number of ketones is 1. The maximum absolute atomic E-state index is 13.4. The van der Waals surface area contributed by atoms with E-state index in [1.165, 1.54) is 14.8 Å². The van der Waals surface area contributed by atoms with Crippen molar-refractivity contribution in [2.24, 2.45) is 5.92 Å². The summed E-state index contributed by atoms with van der Waals surface area (Å²) in [6, 6.07) is 16.9. The van der Waals surface area contributed by atoms with E-state index in [0.29, 0.717) is 29.1 Å². The van der Waals surface area contributed by atoms with Crippen molar-refractivity contribution in [2.45, 2.75) is 33.2 Å². The number of hydrogen-bond donors (Lipinski definition) is 0. The average Bonchev–Trinajstić information content (AvgIpc) is 3.19. The SMILES string of the molecule is CC(C)CC(=O)Cn1c(-c2cccc(C#N)c2)nn(-c2ccc(CCN3CCOCC3)cc2)c1=O. The van der Waals surface area contributed by atoms with Gasteiger partial charge < -0.3 is 4.74 Å². The van der Waals surface area contributed by atoms with E-state index in [9.17, 15) is 14.9 Å². The topological polar surface area (TPSA) is 93.2 Å². The minimum atomic E-state index is -0.375. The number of carbonyl (C=O) groups excluding carboxylic acids is 1. The zero-order valence-electron chi connectivity index (χ0n) is 20.3. The first-order valence-electron chi connectivity index (χ1n) is 12.1. The van der Waals surface area contributed by atoms with E-state index in [1.807, 2.05) is 38.1 Å². The first-order valence-corrected chi connectivity index (χ1v) is 12.1. The highest BCUT2D eigenvalue weighted by Crippen LogP contribution is 2.19. The third-order valence-corrected chi connectivity index (χ3v) is 6.08. The number of hydrogen-bond acceptors (Lipinski definition) is 6. The summed E-state index contributed by atoms with van der Waals surface area (Å²) in [5.74, 6) is 0.544. The Labute approximate surface area is 205 Å². The number of carbonyl (C=O) groups is 1. The van der Waals surface area contributed by atoms with Crippen molar-refractivity contribution >= 4 is 5.78 Å². The molecule has 0 atom stereocenters. The molecule has 2 heterocycles. The molecule has 0 amide bonds. The van der Waals surface area contributed by atoms with E-state index < -0.39 is 0 Å². The fourth-order valence-electron chi connectivity index (χ4n) is 4.26. The van der Waals surface area contributed by atoms with Crippen molar-refractivity contribution in [3.8, 4) is 23.1 Å². The van der Waals surface area contributed by atoms with Crippen molar-refractivity contribution in [3.05, 3.63) is 70.1 Å². The first-order chi connectivity index (χ1) is 16.9. The van der Waals surface area contributed by atoms with Gasteiger partial charge in [0, 0.05) is 31.6 Å². The largest absolute Gasteiger partial charge is 0.379 e. The van der Waals surface area contributed by atoms with Gasteiger partial charge in [0.1, 0.15) is 0 Å². The minimum absolute atomic E-state index is 0.0298. The van der Waals surface area contributed by atoms with Crippen molar-refractivity contribution in [3.63, 3.8) is 0 Å². The molecule has 1 aliphatic rings. The molecule has 3 aromatic rings. The molecule has 0 N–H and O–H groups in total. The third kappa shape index (κ3) is 6.13. The van der Waals surface area contributed by atoms with Gasteiger partial charge in [0.2, 0.25) is 0 Å². The highest BCUT2D eigenvalue weighted by Gasteiger charge is 2.19. The maximum atomic E-state index is 13.4. The van der Waals surface area contributed by atoms with Gasteiger partial charge in [-0.25, -0.2) is 4.79 Å². The molecule has 0 unspecified atom stereocenters. The molecule has 0 aliphatic carbocycles. The zero-order valence-corrected chi connectivity index (χ0v) is 20.3. The second-order valence-corrected chi connectivity index (χ2v) is 9.30. The van der Waals surface area contributed by atoms with Gasteiger partial charge in [-0.15, -0.1) is 5.10 Å². The van der Waals surface area contributed by atoms with Crippen LogP contribution in [0.2, 0.25) is 0 Å². The van der Waals surface area contributed by atoms with Crippen LogP contribution in [0.1, 0.15) is 31.4 Å². The van der Waals surface area contributed by atoms with E-state index >= 15 is 0 Å². The Balaban J connectivity index is 1.62. The Morgan fingerprint density at radius 3 is 2.57 bits per heavy atom. The molecule has 1 aliphatic heterocycles. The summed E-state index contributed by atoms with van der Waals surface area (Å²) < 4.78 is 8.15. The lowest BCUT2D eigenvalue weighted by Crippen LogP contribution is -2.37. The molecule has 1 saturated heterocycles. The number of rotatable bonds is 9. The van der Waals surface area contributed by atoms with Gasteiger partial charge in [-0.1, -0.05) is 38.1 Å². The molecule has 0 radical (unpaired) electrons. The zero-order chi connectivity index (χ0) is 24.8. The van der Waals surface area contributed by atoms with Gasteiger partial charge in [-0.3, -0.25) is 14.3 Å². The lowest BCUT2D eigenvalue weighted by molar-refractivity contribution is -0.120. The predicted molar refractivity (Wildman–Crippen MR) is 133 cm³/mol. The van der Waals surface area contributed by atoms with Crippen LogP contribution < -0.4 is 5.69 Å². The average molecular weight is 474 g/mol. The molecule has 4 rings (SSSR count). The number of nitriles is 1. The maximum Gasteiger partial charge on any atom is 0.351 e. The van der Waals surface area contributed by atoms with Gasteiger partial charge in [-0.2, -0.15) is 9.94 Å². The van der Waals surface area contributed by atoms with Crippen LogP contribution in [0.15, 0.2) is 53.3 Å². The molecule has 1 aromatic heterocycles. The molecule has 0 bridgehead atoms. The van der Waals surface area contributed by atoms with Gasteiger partial charge in [-0.05, 0) is 42.2 Å². The smallest absolute Gasteiger partial charge is 0.351 e. The highest BCUT2D eigenvalue weighted by molar-refractivity contribution is 5.79. The molecule has 182 valence electrons. The third-order valence-electron chi connectivity index (χ3n) is 6.08. The van der Waals surface area contributed by atoms with Gasteiger partial charge >= 0.3 is 5.69 Å². The summed E-state index contributed by atoms with van der Waals surface area (Å²) in [7, 11) is 0. The van der Waals surface area contributed by atoms with Crippen LogP contribution in [0.25, 0.3) is 17.1 Å². The Morgan fingerprint density at radius 1 is 1.14 bits per heavy atom. The lowest BCUT2D eigenvalue weighted by atomic mass is 10.1. The summed E-state index contributed by atoms with van der Waals surface area (Å²) >= 11 is 0. The van der Waals surface area contributed by atoms with Crippen LogP contribution in [0.4, 0.5) is 0 Å². The lowest BCUT2D eigenvalue weighted by Gasteiger charge is -2.26. The van der Waals surface area contributed by atoms with Crippen molar-refractivity contribution in [1.82, 2.24) is 19.2 Å². The van der Waals surface area contributed by atoms with E-state index in [0.717, 1.165) is 39.3 Å². The van der Waals surface area contributed by atoms with E-state index in [4.69, 9.17) is 4.74 Å². The van der Waals surface area contributed by atoms with Crippen molar-refractivity contribution in [1.29, 1.82) is 5.26 Å². The molecule has 0 spiro atoms. The van der Waals surface area contributed by atoms with Gasteiger partial charge in [0.05, 0.1) is 37.1 Å². The minimum Gasteiger partial charge on any atom is -0.379 e. The molecule has 1 fully saturated rings. The van der Waals surface area contributed by atoms with Crippen LogP contribution in [-0.4, -0.2) is 57.9 Å².